The summed E-state index contributed by atoms with van der Waals surface area (Å²) < 4.78 is 0. The molecule has 2 nitrogen and oxygen atoms in total. The average Bonchev–Trinajstić information content (AvgIpc) is 2.66. The van der Waals surface area contributed by atoms with Gasteiger partial charge in [-0.1, -0.05) is 13.8 Å². The molecule has 0 fully saturated rings. The van der Waals surface area contributed by atoms with Crippen LogP contribution < -0.4 is 5.73 Å². The summed E-state index contributed by atoms with van der Waals surface area (Å²) in [6.45, 7) is 6.59. The summed E-state index contributed by atoms with van der Waals surface area (Å²) in [5.41, 5.74) is 6.56. The fraction of sp³-hybridized carbons (Fsp3) is 0.692. The van der Waals surface area contributed by atoms with Crippen molar-refractivity contribution in [3.8, 4) is 0 Å². The van der Waals surface area contributed by atoms with Crippen molar-refractivity contribution in [2.45, 2.75) is 45.2 Å². The van der Waals surface area contributed by atoms with E-state index in [-0.39, 0.29) is 11.6 Å². The van der Waals surface area contributed by atoms with Crippen LogP contribution in [0.15, 0.2) is 12.1 Å². The van der Waals surface area contributed by atoms with Crippen molar-refractivity contribution >= 4 is 11.3 Å². The predicted octanol–water partition coefficient (Wildman–Crippen LogP) is 3.18. The molecule has 1 unspecified atom stereocenters. The number of hydrogen-bond donors (Lipinski definition) is 1. The van der Waals surface area contributed by atoms with Crippen molar-refractivity contribution in [1.82, 2.24) is 4.90 Å². The Morgan fingerprint density at radius 2 is 1.88 bits per heavy atom. The topological polar surface area (TPSA) is 29.3 Å². The van der Waals surface area contributed by atoms with Gasteiger partial charge in [-0.15, -0.1) is 11.3 Å². The molecular formula is C13H24N2S. The largest absolute Gasteiger partial charge is 0.322 e. The number of thiophene rings is 1. The fourth-order valence-electron chi connectivity index (χ4n) is 2.49. The molecule has 1 rings (SSSR count). The zero-order valence-electron chi connectivity index (χ0n) is 11.1. The maximum absolute atomic E-state index is 6.48. The summed E-state index contributed by atoms with van der Waals surface area (Å²) in [7, 11) is 4.26. The van der Waals surface area contributed by atoms with Crippen molar-refractivity contribution < 1.29 is 0 Å². The molecule has 92 valence electrons. The zero-order valence-corrected chi connectivity index (χ0v) is 11.9. The minimum absolute atomic E-state index is 0.0806. The highest BCUT2D eigenvalue weighted by atomic mass is 32.1. The molecule has 3 heteroatoms. The van der Waals surface area contributed by atoms with E-state index in [4.69, 9.17) is 5.73 Å². The lowest BCUT2D eigenvalue weighted by Gasteiger charge is -2.43. The standard InChI is InChI=1S/C13H24N2S/c1-6-13(7-2,15(4)5)12(14)11-9-8-10(3)16-11/h8-9,12H,6-7,14H2,1-5H3. The number of aryl methyl sites for hydroxylation is 1. The van der Waals surface area contributed by atoms with Crippen LogP contribution in [0, 0.1) is 6.92 Å². The molecule has 0 saturated carbocycles. The lowest BCUT2D eigenvalue weighted by molar-refractivity contribution is 0.107. The van der Waals surface area contributed by atoms with Gasteiger partial charge in [0, 0.05) is 15.3 Å². The van der Waals surface area contributed by atoms with Gasteiger partial charge in [-0.2, -0.15) is 0 Å². The SMILES string of the molecule is CCC(CC)(C(N)c1ccc(C)s1)N(C)C. The van der Waals surface area contributed by atoms with Gasteiger partial charge in [0.2, 0.25) is 0 Å². The quantitative estimate of drug-likeness (QED) is 0.856. The van der Waals surface area contributed by atoms with E-state index in [2.05, 4.69) is 51.9 Å². The van der Waals surface area contributed by atoms with E-state index in [1.807, 2.05) is 11.3 Å². The van der Waals surface area contributed by atoms with Crippen molar-refractivity contribution in [3.05, 3.63) is 21.9 Å². The Bertz CT molecular complexity index is 326. The van der Waals surface area contributed by atoms with Gasteiger partial charge in [0.05, 0.1) is 6.04 Å². The first kappa shape index (κ1) is 13.7. The molecule has 0 aliphatic rings. The minimum atomic E-state index is 0.0806. The van der Waals surface area contributed by atoms with Gasteiger partial charge in [0.15, 0.2) is 0 Å². The van der Waals surface area contributed by atoms with Gasteiger partial charge in [0.25, 0.3) is 0 Å². The minimum Gasteiger partial charge on any atom is -0.322 e. The van der Waals surface area contributed by atoms with E-state index >= 15 is 0 Å². The fourth-order valence-corrected chi connectivity index (χ4v) is 3.48. The van der Waals surface area contributed by atoms with Crippen molar-refractivity contribution in [1.29, 1.82) is 0 Å². The van der Waals surface area contributed by atoms with Crippen LogP contribution in [0.5, 0.6) is 0 Å². The Kier molecular flexibility index (Phi) is 4.53. The second kappa shape index (κ2) is 5.30. The monoisotopic (exact) mass is 240 g/mol. The third-order valence-corrected chi connectivity index (χ3v) is 4.85. The molecule has 1 atom stereocenters. The average molecular weight is 240 g/mol. The smallest absolute Gasteiger partial charge is 0.0576 e. The Balaban J connectivity index is 3.04. The molecule has 2 N–H and O–H groups in total. The summed E-state index contributed by atoms with van der Waals surface area (Å²) in [5, 5.41) is 0. The Hall–Kier alpha value is -0.380. The summed E-state index contributed by atoms with van der Waals surface area (Å²) >= 11 is 1.82. The van der Waals surface area contributed by atoms with E-state index in [0.717, 1.165) is 12.8 Å². The van der Waals surface area contributed by atoms with Crippen LogP contribution in [0.25, 0.3) is 0 Å². The van der Waals surface area contributed by atoms with Gasteiger partial charge in [-0.25, -0.2) is 0 Å². The van der Waals surface area contributed by atoms with Crippen LogP contribution in [-0.4, -0.2) is 24.5 Å². The second-order valence-electron chi connectivity index (χ2n) is 4.63. The Morgan fingerprint density at radius 3 is 2.19 bits per heavy atom. The molecule has 1 aromatic rings. The highest BCUT2D eigenvalue weighted by Gasteiger charge is 2.36. The molecule has 0 aliphatic carbocycles. The molecule has 0 spiro atoms. The van der Waals surface area contributed by atoms with Crippen LogP contribution in [0.4, 0.5) is 0 Å². The number of nitrogens with zero attached hydrogens (tertiary/aromatic N) is 1. The van der Waals surface area contributed by atoms with Gasteiger partial charge in [-0.3, -0.25) is 0 Å². The maximum atomic E-state index is 6.48. The van der Waals surface area contributed by atoms with Crippen molar-refractivity contribution in [2.24, 2.45) is 5.73 Å². The van der Waals surface area contributed by atoms with Crippen LogP contribution >= 0.6 is 11.3 Å². The van der Waals surface area contributed by atoms with E-state index in [0.29, 0.717) is 0 Å². The normalized spacial score (nSPS) is 14.4. The Labute approximate surface area is 103 Å². The molecule has 0 aromatic carbocycles. The number of likely N-dealkylation sites (N-methyl/N-ethyl adjacent to an activating group) is 1. The van der Waals surface area contributed by atoms with E-state index in [1.54, 1.807) is 0 Å². The van der Waals surface area contributed by atoms with Crippen LogP contribution in [0.2, 0.25) is 0 Å². The molecule has 0 bridgehead atoms. The summed E-state index contributed by atoms with van der Waals surface area (Å²) in [6, 6.07) is 4.44. The first-order valence-corrected chi connectivity index (χ1v) is 6.79. The van der Waals surface area contributed by atoms with Crippen molar-refractivity contribution in [2.75, 3.05) is 14.1 Å². The lowest BCUT2D eigenvalue weighted by atomic mass is 9.83. The highest BCUT2D eigenvalue weighted by molar-refractivity contribution is 7.12. The van der Waals surface area contributed by atoms with E-state index < -0.39 is 0 Å². The molecule has 1 aromatic heterocycles. The summed E-state index contributed by atoms with van der Waals surface area (Å²) in [4.78, 5) is 4.92. The maximum Gasteiger partial charge on any atom is 0.0576 e. The summed E-state index contributed by atoms with van der Waals surface area (Å²) in [5.74, 6) is 0. The Morgan fingerprint density at radius 1 is 1.31 bits per heavy atom. The predicted molar refractivity (Wildman–Crippen MR) is 73.0 cm³/mol. The van der Waals surface area contributed by atoms with Gasteiger partial charge in [-0.05, 0) is 46.0 Å². The third kappa shape index (κ3) is 2.31. The molecular weight excluding hydrogens is 216 g/mol. The molecule has 0 amide bonds. The number of nitrogens with two attached hydrogens (primary N) is 1. The molecule has 16 heavy (non-hydrogen) atoms. The van der Waals surface area contributed by atoms with E-state index in [9.17, 15) is 0 Å². The first-order chi connectivity index (χ1) is 7.47. The van der Waals surface area contributed by atoms with E-state index in [1.165, 1.54) is 9.75 Å². The van der Waals surface area contributed by atoms with Crippen LogP contribution in [-0.2, 0) is 0 Å². The van der Waals surface area contributed by atoms with Gasteiger partial charge in [0.1, 0.15) is 0 Å². The van der Waals surface area contributed by atoms with Gasteiger partial charge >= 0.3 is 0 Å². The number of hydrogen-bond acceptors (Lipinski definition) is 3. The first-order valence-electron chi connectivity index (χ1n) is 5.97. The van der Waals surface area contributed by atoms with Gasteiger partial charge < -0.3 is 10.6 Å². The van der Waals surface area contributed by atoms with Crippen LogP contribution in [0.1, 0.15) is 42.5 Å². The molecule has 1 heterocycles. The molecule has 0 radical (unpaired) electrons. The zero-order chi connectivity index (χ0) is 12.3. The third-order valence-electron chi connectivity index (χ3n) is 3.76. The van der Waals surface area contributed by atoms with Crippen LogP contribution in [0.3, 0.4) is 0 Å². The lowest BCUT2D eigenvalue weighted by Crippen LogP contribution is -2.51. The molecule has 0 aliphatic heterocycles. The van der Waals surface area contributed by atoms with Crippen molar-refractivity contribution in [3.63, 3.8) is 0 Å². The summed E-state index contributed by atoms with van der Waals surface area (Å²) in [6.07, 6.45) is 2.16. The highest BCUT2D eigenvalue weighted by Crippen LogP contribution is 2.36. The number of rotatable bonds is 5. The second-order valence-corrected chi connectivity index (χ2v) is 5.95. The molecule has 0 saturated heterocycles.